The van der Waals surface area contributed by atoms with Crippen molar-refractivity contribution in [2.24, 2.45) is 5.73 Å². The minimum atomic E-state index is -1.35. The highest BCUT2D eigenvalue weighted by Gasteiger charge is 2.25. The van der Waals surface area contributed by atoms with E-state index < -0.39 is 30.2 Å². The van der Waals surface area contributed by atoms with Crippen molar-refractivity contribution in [3.63, 3.8) is 0 Å². The van der Waals surface area contributed by atoms with Crippen LogP contribution in [0.3, 0.4) is 0 Å². The number of nitrogens with one attached hydrogen (secondary N) is 1. The number of aromatic nitrogens is 2. The second kappa shape index (κ2) is 6.05. The van der Waals surface area contributed by atoms with Crippen molar-refractivity contribution in [3.05, 3.63) is 10.6 Å². The van der Waals surface area contributed by atoms with Crippen LogP contribution in [0.15, 0.2) is 0 Å². The van der Waals surface area contributed by atoms with Gasteiger partial charge in [-0.15, -0.1) is 5.10 Å². The van der Waals surface area contributed by atoms with Gasteiger partial charge in [0.05, 0.1) is 12.1 Å². The summed E-state index contributed by atoms with van der Waals surface area (Å²) in [6, 6.07) is -1.35. The number of aliphatic carboxylic acids is 1. The molecule has 4 N–H and O–H groups in total. The number of hydrogen-bond donors (Lipinski definition) is 3. The van der Waals surface area contributed by atoms with Crippen molar-refractivity contribution < 1.29 is 19.5 Å². The SMILES string of the molecule is CCc1nnsc1C(=O)NC(CC(N)=O)C(=O)O. The third-order valence-electron chi connectivity index (χ3n) is 2.11. The third kappa shape index (κ3) is 3.48. The van der Waals surface area contributed by atoms with Gasteiger partial charge in [0.1, 0.15) is 10.9 Å². The smallest absolute Gasteiger partial charge is 0.326 e. The average molecular weight is 272 g/mol. The number of carbonyl (C=O) groups is 3. The van der Waals surface area contributed by atoms with E-state index in [-0.39, 0.29) is 4.88 Å². The zero-order valence-electron chi connectivity index (χ0n) is 9.54. The van der Waals surface area contributed by atoms with Gasteiger partial charge >= 0.3 is 5.97 Å². The number of hydrogen-bond acceptors (Lipinski definition) is 6. The Kier molecular flexibility index (Phi) is 4.72. The van der Waals surface area contributed by atoms with Gasteiger partial charge in [0, 0.05) is 0 Å². The maximum atomic E-state index is 11.8. The summed E-state index contributed by atoms with van der Waals surface area (Å²) < 4.78 is 3.62. The van der Waals surface area contributed by atoms with Gasteiger partial charge in [-0.05, 0) is 18.0 Å². The van der Waals surface area contributed by atoms with Gasteiger partial charge in [-0.1, -0.05) is 11.4 Å². The van der Waals surface area contributed by atoms with Crippen LogP contribution in [0.25, 0.3) is 0 Å². The van der Waals surface area contributed by atoms with E-state index in [1.54, 1.807) is 6.92 Å². The molecule has 8 nitrogen and oxygen atoms in total. The van der Waals surface area contributed by atoms with Crippen molar-refractivity contribution in [2.45, 2.75) is 25.8 Å². The molecule has 0 saturated carbocycles. The first kappa shape index (κ1) is 14.0. The third-order valence-corrected chi connectivity index (χ3v) is 2.87. The summed E-state index contributed by atoms with van der Waals surface area (Å²) in [6.45, 7) is 1.80. The number of carbonyl (C=O) groups excluding carboxylic acids is 2. The van der Waals surface area contributed by atoms with Crippen molar-refractivity contribution in [3.8, 4) is 0 Å². The molecule has 0 bridgehead atoms. The van der Waals surface area contributed by atoms with Crippen molar-refractivity contribution in [2.75, 3.05) is 0 Å². The number of primary amides is 1. The summed E-state index contributed by atoms with van der Waals surface area (Å²) in [5.41, 5.74) is 5.39. The number of amides is 2. The van der Waals surface area contributed by atoms with Crippen LogP contribution >= 0.6 is 11.5 Å². The summed E-state index contributed by atoms with van der Waals surface area (Å²) in [5, 5.41) is 14.8. The number of carboxylic acids is 1. The summed E-state index contributed by atoms with van der Waals surface area (Å²) in [7, 11) is 0. The van der Waals surface area contributed by atoms with E-state index in [2.05, 4.69) is 14.9 Å². The molecular weight excluding hydrogens is 260 g/mol. The maximum Gasteiger partial charge on any atom is 0.326 e. The predicted octanol–water partition coefficient (Wildman–Crippen LogP) is -0.841. The van der Waals surface area contributed by atoms with E-state index in [0.29, 0.717) is 12.1 Å². The molecule has 0 radical (unpaired) electrons. The minimum absolute atomic E-state index is 0.244. The molecule has 0 aliphatic carbocycles. The number of rotatable bonds is 6. The summed E-state index contributed by atoms with van der Waals surface area (Å²) >= 11 is 0.873. The quantitative estimate of drug-likeness (QED) is 0.617. The Hall–Kier alpha value is -2.03. The first-order chi connectivity index (χ1) is 8.45. The fourth-order valence-corrected chi connectivity index (χ4v) is 1.89. The van der Waals surface area contributed by atoms with Crippen LogP contribution < -0.4 is 11.1 Å². The molecule has 0 fully saturated rings. The van der Waals surface area contributed by atoms with Crippen LogP contribution in [-0.2, 0) is 16.0 Å². The van der Waals surface area contributed by atoms with Gasteiger partial charge in [-0.2, -0.15) is 0 Å². The zero-order chi connectivity index (χ0) is 13.7. The van der Waals surface area contributed by atoms with Gasteiger partial charge in [0.25, 0.3) is 5.91 Å². The van der Waals surface area contributed by atoms with Crippen molar-refractivity contribution in [1.29, 1.82) is 0 Å². The molecule has 0 aromatic carbocycles. The standard InChI is InChI=1S/C9H12N4O4S/c1-2-4-7(18-13-12-4)8(15)11-5(9(16)17)3-6(10)14/h5H,2-3H2,1H3,(H2,10,14)(H,11,15)(H,16,17). The Morgan fingerprint density at radius 1 is 1.50 bits per heavy atom. The molecule has 98 valence electrons. The van der Waals surface area contributed by atoms with Gasteiger partial charge in [0.15, 0.2) is 0 Å². The predicted molar refractivity (Wildman–Crippen MR) is 62.0 cm³/mol. The van der Waals surface area contributed by atoms with E-state index in [4.69, 9.17) is 10.8 Å². The highest BCUT2D eigenvalue weighted by Crippen LogP contribution is 2.11. The van der Waals surface area contributed by atoms with E-state index in [1.165, 1.54) is 0 Å². The van der Waals surface area contributed by atoms with Gasteiger partial charge in [-0.25, -0.2) is 4.79 Å². The monoisotopic (exact) mass is 272 g/mol. The van der Waals surface area contributed by atoms with Crippen LogP contribution in [0, 0.1) is 0 Å². The van der Waals surface area contributed by atoms with E-state index in [1.807, 2.05) is 0 Å². The van der Waals surface area contributed by atoms with Crippen LogP contribution in [0.5, 0.6) is 0 Å². The Bertz CT molecular complexity index is 473. The first-order valence-electron chi connectivity index (χ1n) is 5.08. The van der Waals surface area contributed by atoms with Crippen LogP contribution in [-0.4, -0.2) is 38.5 Å². The topological polar surface area (TPSA) is 135 Å². The molecule has 1 rings (SSSR count). The lowest BCUT2D eigenvalue weighted by atomic mass is 10.2. The number of carboxylic acid groups (broad SMARTS) is 1. The molecule has 1 heterocycles. The highest BCUT2D eigenvalue weighted by atomic mass is 32.1. The van der Waals surface area contributed by atoms with Gasteiger partial charge in [-0.3, -0.25) is 9.59 Å². The van der Waals surface area contributed by atoms with Gasteiger partial charge < -0.3 is 16.2 Å². The Labute approximate surface area is 106 Å². The second-order valence-corrected chi connectivity index (χ2v) is 4.19. The molecule has 9 heteroatoms. The Morgan fingerprint density at radius 3 is 2.67 bits per heavy atom. The molecular formula is C9H12N4O4S. The number of aryl methyl sites for hydroxylation is 1. The van der Waals surface area contributed by atoms with Gasteiger partial charge in [0.2, 0.25) is 5.91 Å². The van der Waals surface area contributed by atoms with Crippen molar-refractivity contribution >= 4 is 29.3 Å². The molecule has 2 amide bonds. The fraction of sp³-hybridized carbons (Fsp3) is 0.444. The van der Waals surface area contributed by atoms with Crippen molar-refractivity contribution in [1.82, 2.24) is 14.9 Å². The maximum absolute atomic E-state index is 11.8. The highest BCUT2D eigenvalue weighted by molar-refractivity contribution is 7.08. The lowest BCUT2D eigenvalue weighted by Crippen LogP contribution is -2.43. The second-order valence-electron chi connectivity index (χ2n) is 3.44. The number of nitrogens with two attached hydrogens (primary N) is 1. The first-order valence-corrected chi connectivity index (χ1v) is 5.86. The minimum Gasteiger partial charge on any atom is -0.480 e. The Morgan fingerprint density at radius 2 is 2.17 bits per heavy atom. The molecule has 0 saturated heterocycles. The van der Waals surface area contributed by atoms with Crippen LogP contribution in [0.1, 0.15) is 28.7 Å². The fourth-order valence-electron chi connectivity index (χ4n) is 1.24. The molecule has 0 aliphatic rings. The summed E-state index contributed by atoms with van der Waals surface area (Å²) in [4.78, 5) is 33.6. The molecule has 18 heavy (non-hydrogen) atoms. The lowest BCUT2D eigenvalue weighted by molar-refractivity contribution is -0.140. The molecule has 0 spiro atoms. The van der Waals surface area contributed by atoms with Crippen LogP contribution in [0.4, 0.5) is 0 Å². The Balaban J connectivity index is 2.78. The summed E-state index contributed by atoms with van der Waals surface area (Å²) in [5.74, 6) is -2.74. The molecule has 1 aromatic rings. The zero-order valence-corrected chi connectivity index (χ0v) is 10.4. The average Bonchev–Trinajstić information content (AvgIpc) is 2.75. The van der Waals surface area contributed by atoms with E-state index in [0.717, 1.165) is 11.5 Å². The lowest BCUT2D eigenvalue weighted by Gasteiger charge is -2.11. The normalized spacial score (nSPS) is 11.8. The molecule has 1 atom stereocenters. The number of nitrogens with zero attached hydrogens (tertiary/aromatic N) is 2. The molecule has 1 unspecified atom stereocenters. The van der Waals surface area contributed by atoms with E-state index in [9.17, 15) is 14.4 Å². The molecule has 0 aliphatic heterocycles. The van der Waals surface area contributed by atoms with E-state index >= 15 is 0 Å². The van der Waals surface area contributed by atoms with Crippen LogP contribution in [0.2, 0.25) is 0 Å². The largest absolute Gasteiger partial charge is 0.480 e. The summed E-state index contributed by atoms with van der Waals surface area (Å²) in [6.07, 6.45) is 0.0432. The molecule has 1 aromatic heterocycles.